The number of piperazine rings is 1. The third-order valence-corrected chi connectivity index (χ3v) is 6.37. The lowest BCUT2D eigenvalue weighted by molar-refractivity contribution is 0.0660. The number of anilines is 1. The number of halogens is 2. The van der Waals surface area contributed by atoms with Crippen molar-refractivity contribution in [3.05, 3.63) is 96.1 Å². The van der Waals surface area contributed by atoms with E-state index in [1.54, 1.807) is 0 Å². The van der Waals surface area contributed by atoms with Crippen LogP contribution >= 0.6 is 24.8 Å². The van der Waals surface area contributed by atoms with Gasteiger partial charge < -0.3 is 14.7 Å². The molecule has 3 aromatic carbocycles. The quantitative estimate of drug-likeness (QED) is 0.333. The molecule has 0 spiro atoms. The molecular weight excluding hydrogens is 479 g/mol. The fourth-order valence-corrected chi connectivity index (χ4v) is 4.50. The molecule has 0 aliphatic carbocycles. The van der Waals surface area contributed by atoms with Crippen LogP contribution in [-0.2, 0) is 12.8 Å². The number of para-hydroxylation sites is 2. The van der Waals surface area contributed by atoms with Crippen LogP contribution in [0.5, 0.6) is 5.75 Å². The lowest BCUT2D eigenvalue weighted by Gasteiger charge is -2.36. The summed E-state index contributed by atoms with van der Waals surface area (Å²) in [4.78, 5) is 4.75. The Hall–Kier alpha value is -2.24. The number of hydrogen-bond donors (Lipinski definition) is 1. The second-order valence-corrected chi connectivity index (χ2v) is 8.89. The number of hydrogen-bond acceptors (Lipinski definition) is 4. The number of rotatable bonds is 11. The standard InChI is InChI=1S/C29H36N2O2.2ClH/c32-28(23-30-19-21-31(22-20-30)27-16-5-2-6-17-27)24-33-29-18-10-9-15-26(29)14-8-7-13-25-11-3-1-4-12-25;;/h1-6,9-12,15-18,28,32H,7-8,13-14,19-24H2;2*1H. The van der Waals surface area contributed by atoms with E-state index in [0.717, 1.165) is 57.6 Å². The van der Waals surface area contributed by atoms with Crippen LogP contribution in [-0.4, -0.2) is 55.4 Å². The second kappa shape index (κ2) is 15.7. The third-order valence-electron chi connectivity index (χ3n) is 6.37. The maximum atomic E-state index is 10.6. The highest BCUT2D eigenvalue weighted by Gasteiger charge is 2.20. The van der Waals surface area contributed by atoms with Crippen molar-refractivity contribution in [2.75, 3.05) is 44.2 Å². The van der Waals surface area contributed by atoms with Gasteiger partial charge in [0.2, 0.25) is 0 Å². The normalized spacial score (nSPS) is 14.5. The molecule has 1 heterocycles. The van der Waals surface area contributed by atoms with Crippen molar-refractivity contribution in [3.8, 4) is 5.75 Å². The zero-order valence-electron chi connectivity index (χ0n) is 20.3. The van der Waals surface area contributed by atoms with Gasteiger partial charge in [-0.3, -0.25) is 4.90 Å². The lowest BCUT2D eigenvalue weighted by atomic mass is 10.0. The van der Waals surface area contributed by atoms with Crippen LogP contribution in [0.2, 0.25) is 0 Å². The van der Waals surface area contributed by atoms with E-state index in [1.807, 2.05) is 12.1 Å². The largest absolute Gasteiger partial charge is 0.491 e. The number of aliphatic hydroxyl groups is 1. The Balaban J connectivity index is 0.00000216. The van der Waals surface area contributed by atoms with Crippen LogP contribution < -0.4 is 9.64 Å². The zero-order valence-corrected chi connectivity index (χ0v) is 21.9. The summed E-state index contributed by atoms with van der Waals surface area (Å²) in [5, 5.41) is 10.6. The number of β-amino-alcohol motifs (C(OH)–C–C–N with tert-alkyl or cyclic N) is 1. The van der Waals surface area contributed by atoms with Gasteiger partial charge in [0.25, 0.3) is 0 Å². The minimum atomic E-state index is -0.487. The van der Waals surface area contributed by atoms with Crippen molar-refractivity contribution in [2.45, 2.75) is 31.8 Å². The number of unbranched alkanes of at least 4 members (excludes halogenated alkanes) is 1. The molecule has 0 bridgehead atoms. The molecule has 0 aromatic heterocycles. The first kappa shape index (κ1) is 29.0. The Kier molecular flexibility index (Phi) is 13.0. The van der Waals surface area contributed by atoms with E-state index in [2.05, 4.69) is 82.6 Å². The molecule has 0 radical (unpaired) electrons. The van der Waals surface area contributed by atoms with Gasteiger partial charge in [0.15, 0.2) is 0 Å². The van der Waals surface area contributed by atoms with E-state index in [4.69, 9.17) is 4.74 Å². The summed E-state index contributed by atoms with van der Waals surface area (Å²) in [5.74, 6) is 0.908. The summed E-state index contributed by atoms with van der Waals surface area (Å²) in [6, 6.07) is 29.5. The summed E-state index contributed by atoms with van der Waals surface area (Å²) in [5.41, 5.74) is 3.91. The molecule has 0 saturated carbocycles. The van der Waals surface area contributed by atoms with E-state index in [0.29, 0.717) is 13.2 Å². The predicted molar refractivity (Wildman–Crippen MR) is 151 cm³/mol. The topological polar surface area (TPSA) is 35.9 Å². The number of aliphatic hydroxyl groups excluding tert-OH is 1. The third kappa shape index (κ3) is 9.38. The number of nitrogens with zero attached hydrogens (tertiary/aromatic N) is 2. The average Bonchev–Trinajstić information content (AvgIpc) is 2.87. The van der Waals surface area contributed by atoms with Crippen molar-refractivity contribution in [1.82, 2.24) is 4.90 Å². The predicted octanol–water partition coefficient (Wildman–Crippen LogP) is 5.66. The van der Waals surface area contributed by atoms with Gasteiger partial charge in [0.1, 0.15) is 18.5 Å². The summed E-state index contributed by atoms with van der Waals surface area (Å²) in [6.45, 7) is 4.89. The van der Waals surface area contributed by atoms with Gasteiger partial charge in [-0.15, -0.1) is 24.8 Å². The van der Waals surface area contributed by atoms with Gasteiger partial charge in [-0.1, -0.05) is 66.7 Å². The van der Waals surface area contributed by atoms with Crippen LogP contribution in [0, 0.1) is 0 Å². The van der Waals surface area contributed by atoms with Crippen LogP contribution in [0.25, 0.3) is 0 Å². The molecule has 1 aliphatic heterocycles. The van der Waals surface area contributed by atoms with Crippen LogP contribution in [0.1, 0.15) is 24.0 Å². The highest BCUT2D eigenvalue weighted by Crippen LogP contribution is 2.21. The van der Waals surface area contributed by atoms with E-state index < -0.39 is 6.10 Å². The second-order valence-electron chi connectivity index (χ2n) is 8.89. The van der Waals surface area contributed by atoms with Crippen LogP contribution in [0.4, 0.5) is 5.69 Å². The summed E-state index contributed by atoms with van der Waals surface area (Å²) in [6.07, 6.45) is 3.92. The minimum absolute atomic E-state index is 0. The highest BCUT2D eigenvalue weighted by atomic mass is 35.5. The Morgan fingerprint density at radius 3 is 2.03 bits per heavy atom. The molecule has 1 N–H and O–H groups in total. The summed E-state index contributed by atoms with van der Waals surface area (Å²) < 4.78 is 6.06. The fourth-order valence-electron chi connectivity index (χ4n) is 4.50. The minimum Gasteiger partial charge on any atom is -0.491 e. The Labute approximate surface area is 222 Å². The molecule has 0 amide bonds. The SMILES string of the molecule is Cl.Cl.OC(COc1ccccc1CCCCc1ccccc1)CN1CCN(c2ccccc2)CC1. The van der Waals surface area contributed by atoms with Gasteiger partial charge in [-0.25, -0.2) is 0 Å². The number of aryl methyl sites for hydroxylation is 2. The molecule has 1 unspecified atom stereocenters. The number of benzene rings is 3. The molecule has 1 saturated heterocycles. The lowest BCUT2D eigenvalue weighted by Crippen LogP contribution is -2.49. The van der Waals surface area contributed by atoms with Gasteiger partial charge in [-0.05, 0) is 55.0 Å². The first-order chi connectivity index (χ1) is 16.3. The molecule has 35 heavy (non-hydrogen) atoms. The monoisotopic (exact) mass is 516 g/mol. The molecule has 4 rings (SSSR count). The Morgan fingerprint density at radius 2 is 1.31 bits per heavy atom. The smallest absolute Gasteiger partial charge is 0.122 e. The average molecular weight is 518 g/mol. The van der Waals surface area contributed by atoms with E-state index in [-0.39, 0.29) is 24.8 Å². The van der Waals surface area contributed by atoms with Crippen LogP contribution in [0.3, 0.4) is 0 Å². The maximum Gasteiger partial charge on any atom is 0.122 e. The number of ether oxygens (including phenoxy) is 1. The van der Waals surface area contributed by atoms with E-state index in [1.165, 1.54) is 16.8 Å². The molecule has 1 atom stereocenters. The van der Waals surface area contributed by atoms with Gasteiger partial charge in [-0.2, -0.15) is 0 Å². The molecule has 4 nitrogen and oxygen atoms in total. The first-order valence-corrected chi connectivity index (χ1v) is 12.2. The fraction of sp³-hybridized carbons (Fsp3) is 0.379. The molecule has 190 valence electrons. The molecule has 3 aromatic rings. The molecular formula is C29H38Cl2N2O2. The van der Waals surface area contributed by atoms with Gasteiger partial charge in [0.05, 0.1) is 0 Å². The van der Waals surface area contributed by atoms with Crippen molar-refractivity contribution >= 4 is 30.5 Å². The summed E-state index contributed by atoms with van der Waals surface area (Å²) >= 11 is 0. The first-order valence-electron chi connectivity index (χ1n) is 12.2. The molecule has 1 aliphatic rings. The van der Waals surface area contributed by atoms with Crippen molar-refractivity contribution in [3.63, 3.8) is 0 Å². The Morgan fingerprint density at radius 1 is 0.714 bits per heavy atom. The molecule has 1 fully saturated rings. The Bertz CT molecular complexity index is 951. The van der Waals surface area contributed by atoms with Crippen molar-refractivity contribution < 1.29 is 9.84 Å². The van der Waals surface area contributed by atoms with Gasteiger partial charge in [0, 0.05) is 38.4 Å². The van der Waals surface area contributed by atoms with Crippen LogP contribution in [0.15, 0.2) is 84.9 Å². The van der Waals surface area contributed by atoms with Crippen molar-refractivity contribution in [2.24, 2.45) is 0 Å². The highest BCUT2D eigenvalue weighted by molar-refractivity contribution is 5.85. The van der Waals surface area contributed by atoms with Crippen molar-refractivity contribution in [1.29, 1.82) is 0 Å². The van der Waals surface area contributed by atoms with E-state index in [9.17, 15) is 5.11 Å². The van der Waals surface area contributed by atoms with E-state index >= 15 is 0 Å². The van der Waals surface area contributed by atoms with Gasteiger partial charge >= 0.3 is 0 Å². The zero-order chi connectivity index (χ0) is 22.7. The summed E-state index contributed by atoms with van der Waals surface area (Å²) in [7, 11) is 0. The molecule has 6 heteroatoms. The maximum absolute atomic E-state index is 10.6.